The van der Waals surface area contributed by atoms with Crippen molar-refractivity contribution in [2.24, 2.45) is 0 Å². The molecule has 0 aromatic heterocycles. The van der Waals surface area contributed by atoms with E-state index >= 15 is 0 Å². The lowest BCUT2D eigenvalue weighted by Crippen LogP contribution is -2.62. The second kappa shape index (κ2) is 9.48. The lowest BCUT2D eigenvalue weighted by atomic mass is 9.79. The Balaban J connectivity index is 1.46. The van der Waals surface area contributed by atoms with Crippen LogP contribution in [0.2, 0.25) is 0 Å². The summed E-state index contributed by atoms with van der Waals surface area (Å²) in [5.74, 6) is 0.418. The van der Waals surface area contributed by atoms with E-state index < -0.39 is 12.1 Å². The molecular weight excluding hydrogens is 408 g/mol. The van der Waals surface area contributed by atoms with E-state index in [0.717, 1.165) is 24.2 Å². The lowest BCUT2D eigenvalue weighted by Gasteiger charge is -2.46. The van der Waals surface area contributed by atoms with E-state index in [4.69, 9.17) is 4.74 Å². The highest BCUT2D eigenvalue weighted by Crippen LogP contribution is 2.28. The Bertz CT molecular complexity index is 834. The molecule has 1 atom stereocenters. The molecule has 0 aliphatic carbocycles. The molecule has 2 aliphatic heterocycles. The van der Waals surface area contributed by atoms with Crippen molar-refractivity contribution < 1.29 is 19.1 Å². The van der Waals surface area contributed by atoms with Crippen molar-refractivity contribution in [1.29, 1.82) is 0 Å². The number of hydrogen-bond acceptors (Lipinski definition) is 5. The molecule has 1 aromatic rings. The van der Waals surface area contributed by atoms with E-state index in [1.165, 1.54) is 4.90 Å². The maximum Gasteiger partial charge on any atom is 0.324 e. The first-order valence-corrected chi connectivity index (χ1v) is 11.3. The van der Waals surface area contributed by atoms with Crippen LogP contribution in [0.5, 0.6) is 5.75 Å². The van der Waals surface area contributed by atoms with Crippen LogP contribution < -0.4 is 20.7 Å². The van der Waals surface area contributed by atoms with Gasteiger partial charge in [0.2, 0.25) is 5.91 Å². The average molecular weight is 445 g/mol. The lowest BCUT2D eigenvalue weighted by molar-refractivity contribution is -0.127. The van der Waals surface area contributed by atoms with Crippen molar-refractivity contribution >= 4 is 17.8 Å². The molecule has 4 amide bonds. The maximum atomic E-state index is 12.7. The molecule has 176 valence electrons. The monoisotopic (exact) mass is 444 g/mol. The highest BCUT2D eigenvalue weighted by Gasteiger charge is 2.39. The van der Waals surface area contributed by atoms with Crippen LogP contribution in [0.4, 0.5) is 4.79 Å². The highest BCUT2D eigenvalue weighted by atomic mass is 16.5. The first kappa shape index (κ1) is 24.0. The predicted octanol–water partition coefficient (Wildman–Crippen LogP) is 2.36. The van der Waals surface area contributed by atoms with Crippen molar-refractivity contribution in [3.05, 3.63) is 29.8 Å². The fourth-order valence-electron chi connectivity index (χ4n) is 5.02. The summed E-state index contributed by atoms with van der Waals surface area (Å²) in [7, 11) is 1.61. The molecule has 0 spiro atoms. The van der Waals surface area contributed by atoms with Crippen molar-refractivity contribution in [2.75, 3.05) is 13.7 Å². The zero-order chi connectivity index (χ0) is 23.5. The number of imide groups is 1. The fraction of sp³-hybridized carbons (Fsp3) is 0.625. The van der Waals surface area contributed by atoms with Gasteiger partial charge in [0.15, 0.2) is 0 Å². The van der Waals surface area contributed by atoms with Crippen LogP contribution in [0.3, 0.4) is 0 Å². The van der Waals surface area contributed by atoms with Gasteiger partial charge < -0.3 is 20.7 Å². The van der Waals surface area contributed by atoms with Gasteiger partial charge in [0, 0.05) is 30.1 Å². The number of nitrogens with zero attached hydrogens (tertiary/aromatic N) is 1. The summed E-state index contributed by atoms with van der Waals surface area (Å²) in [5.41, 5.74) is 0.904. The Kier molecular flexibility index (Phi) is 7.12. The number of carbonyl (C=O) groups excluding carboxylic acids is 3. The summed E-state index contributed by atoms with van der Waals surface area (Å²) in [6.45, 7) is 8.86. The predicted molar refractivity (Wildman–Crippen MR) is 122 cm³/mol. The second-order valence-electron chi connectivity index (χ2n) is 10.2. The molecule has 2 fully saturated rings. The molecule has 3 rings (SSSR count). The maximum absolute atomic E-state index is 12.7. The van der Waals surface area contributed by atoms with E-state index in [1.807, 2.05) is 24.3 Å². The Morgan fingerprint density at radius 2 is 1.75 bits per heavy atom. The number of methoxy groups -OCH3 is 1. The zero-order valence-electron chi connectivity index (χ0n) is 19.8. The Hall–Kier alpha value is -2.61. The van der Waals surface area contributed by atoms with Crippen LogP contribution in [0.25, 0.3) is 0 Å². The summed E-state index contributed by atoms with van der Waals surface area (Å²) in [6, 6.07) is 6.59. The topological polar surface area (TPSA) is 99.8 Å². The van der Waals surface area contributed by atoms with Crippen LogP contribution in [-0.2, 0) is 16.0 Å². The van der Waals surface area contributed by atoms with Gasteiger partial charge >= 0.3 is 6.03 Å². The number of ether oxygens (including phenoxy) is 1. The van der Waals surface area contributed by atoms with Gasteiger partial charge in [0.05, 0.1) is 7.11 Å². The smallest absolute Gasteiger partial charge is 0.324 e. The Morgan fingerprint density at radius 1 is 1.12 bits per heavy atom. The summed E-state index contributed by atoms with van der Waals surface area (Å²) in [4.78, 5) is 38.8. The first-order valence-electron chi connectivity index (χ1n) is 11.3. The minimum absolute atomic E-state index is 0.0561. The van der Waals surface area contributed by atoms with Gasteiger partial charge in [-0.25, -0.2) is 4.79 Å². The number of carbonyl (C=O) groups is 3. The van der Waals surface area contributed by atoms with Crippen molar-refractivity contribution in [1.82, 2.24) is 20.9 Å². The van der Waals surface area contributed by atoms with Gasteiger partial charge in [-0.05, 0) is 71.1 Å². The summed E-state index contributed by atoms with van der Waals surface area (Å²) < 4.78 is 5.15. The Morgan fingerprint density at radius 3 is 2.34 bits per heavy atom. The summed E-state index contributed by atoms with van der Waals surface area (Å²) in [5, 5.41) is 9.44. The van der Waals surface area contributed by atoms with Crippen LogP contribution in [-0.4, -0.2) is 59.6 Å². The van der Waals surface area contributed by atoms with Gasteiger partial charge in [0.25, 0.3) is 5.91 Å². The fourth-order valence-corrected chi connectivity index (χ4v) is 5.02. The minimum Gasteiger partial charge on any atom is -0.497 e. The third-order valence-corrected chi connectivity index (χ3v) is 6.11. The number of amides is 4. The number of nitrogens with one attached hydrogen (secondary N) is 3. The number of piperidine rings is 1. The summed E-state index contributed by atoms with van der Waals surface area (Å²) in [6.07, 6.45) is 2.76. The molecule has 32 heavy (non-hydrogen) atoms. The first-order chi connectivity index (χ1) is 15.0. The third kappa shape index (κ3) is 6.22. The number of benzene rings is 1. The molecule has 1 aromatic carbocycles. The molecule has 3 N–H and O–H groups in total. The van der Waals surface area contributed by atoms with Crippen LogP contribution >= 0.6 is 0 Å². The third-order valence-electron chi connectivity index (χ3n) is 6.11. The van der Waals surface area contributed by atoms with Crippen molar-refractivity contribution in [3.8, 4) is 5.75 Å². The van der Waals surface area contributed by atoms with Gasteiger partial charge in [0.1, 0.15) is 11.8 Å². The van der Waals surface area contributed by atoms with E-state index in [-0.39, 0.29) is 35.4 Å². The van der Waals surface area contributed by atoms with Crippen molar-refractivity contribution in [2.45, 2.75) is 83.0 Å². The van der Waals surface area contributed by atoms with E-state index in [2.05, 4.69) is 43.6 Å². The zero-order valence-corrected chi connectivity index (χ0v) is 19.8. The molecule has 2 aliphatic rings. The van der Waals surface area contributed by atoms with E-state index in [9.17, 15) is 14.4 Å². The molecule has 2 heterocycles. The molecule has 0 bridgehead atoms. The molecular formula is C24H36N4O4. The van der Waals surface area contributed by atoms with Gasteiger partial charge in [-0.1, -0.05) is 12.1 Å². The van der Waals surface area contributed by atoms with Crippen LogP contribution in [0.15, 0.2) is 24.3 Å². The van der Waals surface area contributed by atoms with E-state index in [1.54, 1.807) is 7.11 Å². The molecule has 0 unspecified atom stereocenters. The average Bonchev–Trinajstić information content (AvgIpc) is 2.95. The number of urea groups is 1. The van der Waals surface area contributed by atoms with Gasteiger partial charge in [-0.15, -0.1) is 0 Å². The highest BCUT2D eigenvalue weighted by molar-refractivity contribution is 6.04. The molecule has 2 saturated heterocycles. The summed E-state index contributed by atoms with van der Waals surface area (Å²) >= 11 is 0. The molecule has 0 radical (unpaired) electrons. The normalized spacial score (nSPS) is 22.5. The molecule has 8 nitrogen and oxygen atoms in total. The van der Waals surface area contributed by atoms with Gasteiger partial charge in [-0.3, -0.25) is 14.5 Å². The largest absolute Gasteiger partial charge is 0.497 e. The number of rotatable bonds is 8. The van der Waals surface area contributed by atoms with Gasteiger partial charge in [-0.2, -0.15) is 0 Å². The van der Waals surface area contributed by atoms with Crippen LogP contribution in [0, 0.1) is 0 Å². The van der Waals surface area contributed by atoms with Crippen molar-refractivity contribution in [3.63, 3.8) is 0 Å². The quantitative estimate of drug-likeness (QED) is 0.535. The van der Waals surface area contributed by atoms with E-state index in [0.29, 0.717) is 19.4 Å². The minimum atomic E-state index is -0.648. The Labute approximate surface area is 190 Å². The standard InChI is InChI=1S/C24H36N4O4/c1-23(2)14-17(15-24(3,4)27-23)25-20(29)11-10-19-21(30)28(22(31)26-19)13-12-16-6-8-18(32-5)9-7-16/h6-9,17,19,27H,10-15H2,1-5H3,(H,25,29)(H,26,31)/t19-/m0/s1. The molecule has 8 heteroatoms. The SMILES string of the molecule is COc1ccc(CCN2C(=O)N[C@@H](CCC(=O)NC3CC(C)(C)NC(C)(C)C3)C2=O)cc1. The number of hydrogen-bond donors (Lipinski definition) is 3. The van der Waals surface area contributed by atoms with Crippen LogP contribution in [0.1, 0.15) is 58.9 Å². The second-order valence-corrected chi connectivity index (χ2v) is 10.2. The molecule has 0 saturated carbocycles.